The third-order valence-electron chi connectivity index (χ3n) is 3.44. The van der Waals surface area contributed by atoms with Crippen molar-refractivity contribution in [1.29, 1.82) is 0 Å². The van der Waals surface area contributed by atoms with Gasteiger partial charge < -0.3 is 0 Å². The first-order valence-corrected chi connectivity index (χ1v) is 9.85. The van der Waals surface area contributed by atoms with E-state index < -0.39 is 44.1 Å². The lowest BCUT2D eigenvalue weighted by Gasteiger charge is -2.08. The van der Waals surface area contributed by atoms with Gasteiger partial charge in [-0.2, -0.15) is 5.10 Å². The highest BCUT2D eigenvalue weighted by atomic mass is 32.2. The van der Waals surface area contributed by atoms with Crippen molar-refractivity contribution in [1.82, 2.24) is 14.8 Å². The topological polar surface area (TPSA) is 64.8 Å². The van der Waals surface area contributed by atoms with Crippen LogP contribution in [-0.4, -0.2) is 29.4 Å². The van der Waals surface area contributed by atoms with E-state index in [0.29, 0.717) is 17.8 Å². The highest BCUT2D eigenvalue weighted by molar-refractivity contribution is 7.90. The first kappa shape index (κ1) is 18.5. The van der Waals surface area contributed by atoms with Gasteiger partial charge >= 0.3 is 0 Å². The summed E-state index contributed by atoms with van der Waals surface area (Å²) < 4.78 is 78.8. The summed E-state index contributed by atoms with van der Waals surface area (Å²) >= 11 is 1.09. The van der Waals surface area contributed by atoms with Gasteiger partial charge in [0.05, 0.1) is 11.4 Å². The van der Waals surface area contributed by atoms with E-state index in [2.05, 4.69) is 10.1 Å². The van der Waals surface area contributed by atoms with E-state index in [1.165, 1.54) is 0 Å². The molecule has 3 aromatic rings. The number of halogens is 4. The average Bonchev–Trinajstić information content (AvgIpc) is 3.14. The number of hydrogen-bond donors (Lipinski definition) is 0. The minimum Gasteiger partial charge on any atom is -0.224 e. The Bertz CT molecular complexity index is 1090. The van der Waals surface area contributed by atoms with Gasteiger partial charge in [0.25, 0.3) is 6.43 Å². The number of nitrogens with zero attached hydrogens (tertiary/aromatic N) is 3. The minimum absolute atomic E-state index is 0.161. The minimum atomic E-state index is -3.99. The molecule has 11 heteroatoms. The maximum Gasteiger partial charge on any atom is 0.282 e. The van der Waals surface area contributed by atoms with E-state index in [0.717, 1.165) is 28.3 Å². The maximum absolute atomic E-state index is 14.5. The van der Waals surface area contributed by atoms with Crippen LogP contribution in [0.5, 0.6) is 0 Å². The lowest BCUT2D eigenvalue weighted by atomic mass is 10.1. The number of aryl methyl sites for hydroxylation is 1. The molecule has 0 amide bonds. The number of benzene rings is 1. The van der Waals surface area contributed by atoms with E-state index in [4.69, 9.17) is 0 Å². The molecule has 0 aliphatic heterocycles. The van der Waals surface area contributed by atoms with Gasteiger partial charge in [-0.25, -0.2) is 35.6 Å². The van der Waals surface area contributed by atoms with Crippen LogP contribution in [0.15, 0.2) is 28.5 Å². The monoisotopic (exact) mass is 405 g/mol. The number of sulfone groups is 1. The molecule has 2 aromatic heterocycles. The molecule has 0 fully saturated rings. The second-order valence-corrected chi connectivity index (χ2v) is 8.29. The molecule has 0 spiro atoms. The molecule has 0 unspecified atom stereocenters. The second kappa shape index (κ2) is 6.47. The van der Waals surface area contributed by atoms with Crippen LogP contribution in [-0.2, 0) is 9.84 Å². The van der Waals surface area contributed by atoms with Crippen molar-refractivity contribution < 1.29 is 26.0 Å². The highest BCUT2D eigenvalue weighted by Crippen LogP contribution is 2.32. The Balaban J connectivity index is 2.25. The summed E-state index contributed by atoms with van der Waals surface area (Å²) in [7, 11) is -3.99. The van der Waals surface area contributed by atoms with Crippen LogP contribution in [0.3, 0.4) is 0 Å². The third kappa shape index (κ3) is 3.36. The molecule has 0 atom stereocenters. The summed E-state index contributed by atoms with van der Waals surface area (Å²) in [5, 5.41) is 5.56. The summed E-state index contributed by atoms with van der Waals surface area (Å²) in [5.41, 5.74) is -0.600. The normalized spacial score (nSPS) is 12.1. The predicted molar refractivity (Wildman–Crippen MR) is 87.4 cm³/mol. The van der Waals surface area contributed by atoms with Crippen molar-refractivity contribution in [2.75, 3.05) is 6.26 Å². The van der Waals surface area contributed by atoms with Gasteiger partial charge in [0.15, 0.2) is 9.84 Å². The number of thiazole rings is 1. The first-order chi connectivity index (χ1) is 12.1. The lowest BCUT2D eigenvalue weighted by Crippen LogP contribution is -2.05. The standard InChI is InChI=1S/C15H11F4N3O2S2/c1-7-6-25-15(20-7)22-12(5-11(21-22)14(18)19)8-3-10(17)13(4-9(8)16)26(2,23)24/h3-6,14H,1-2H3. The number of alkyl halides is 2. The van der Waals surface area contributed by atoms with Crippen molar-refractivity contribution in [3.63, 3.8) is 0 Å². The summed E-state index contributed by atoms with van der Waals surface area (Å²) in [6, 6.07) is 2.08. The second-order valence-electron chi connectivity index (χ2n) is 5.47. The Labute approximate surface area is 149 Å². The zero-order valence-electron chi connectivity index (χ0n) is 13.4. The smallest absolute Gasteiger partial charge is 0.224 e. The van der Waals surface area contributed by atoms with Crippen molar-refractivity contribution >= 4 is 21.2 Å². The Kier molecular flexibility index (Phi) is 4.61. The van der Waals surface area contributed by atoms with Crippen LogP contribution in [0.2, 0.25) is 0 Å². The molecule has 0 aliphatic rings. The fourth-order valence-electron chi connectivity index (χ4n) is 2.29. The van der Waals surface area contributed by atoms with E-state index in [1.807, 2.05) is 0 Å². The zero-order valence-corrected chi connectivity index (χ0v) is 15.0. The van der Waals surface area contributed by atoms with Gasteiger partial charge in [0.2, 0.25) is 5.13 Å². The van der Waals surface area contributed by atoms with E-state index >= 15 is 0 Å². The Morgan fingerprint density at radius 2 is 1.85 bits per heavy atom. The predicted octanol–water partition coefficient (Wildman–Crippen LogP) is 3.92. The average molecular weight is 405 g/mol. The first-order valence-electron chi connectivity index (χ1n) is 7.08. The van der Waals surface area contributed by atoms with Gasteiger partial charge in [-0.3, -0.25) is 0 Å². The fourth-order valence-corrected chi connectivity index (χ4v) is 3.79. The van der Waals surface area contributed by atoms with E-state index in [9.17, 15) is 26.0 Å². The van der Waals surface area contributed by atoms with E-state index in [-0.39, 0.29) is 10.8 Å². The molecule has 26 heavy (non-hydrogen) atoms. The van der Waals surface area contributed by atoms with Gasteiger partial charge in [-0.1, -0.05) is 0 Å². The zero-order chi connectivity index (χ0) is 19.2. The number of rotatable bonds is 4. The molecule has 0 saturated heterocycles. The van der Waals surface area contributed by atoms with E-state index in [1.54, 1.807) is 12.3 Å². The molecule has 5 nitrogen and oxygen atoms in total. The molecular weight excluding hydrogens is 394 g/mol. The van der Waals surface area contributed by atoms with Crippen LogP contribution < -0.4 is 0 Å². The van der Waals surface area contributed by atoms with Crippen molar-refractivity contribution in [2.24, 2.45) is 0 Å². The largest absolute Gasteiger partial charge is 0.282 e. The molecule has 0 aliphatic carbocycles. The van der Waals surface area contributed by atoms with Gasteiger partial charge in [0, 0.05) is 17.2 Å². The van der Waals surface area contributed by atoms with Crippen LogP contribution in [0, 0.1) is 18.6 Å². The quantitative estimate of drug-likeness (QED) is 0.617. The molecule has 3 rings (SSSR count). The molecule has 138 valence electrons. The third-order valence-corrected chi connectivity index (χ3v) is 5.48. The molecule has 0 radical (unpaired) electrons. The molecule has 2 heterocycles. The summed E-state index contributed by atoms with van der Waals surface area (Å²) in [6.07, 6.45) is -2.19. The Morgan fingerprint density at radius 3 is 2.38 bits per heavy atom. The highest BCUT2D eigenvalue weighted by Gasteiger charge is 2.24. The van der Waals surface area contributed by atoms with Crippen LogP contribution >= 0.6 is 11.3 Å². The Hall–Kier alpha value is -2.27. The molecule has 1 aromatic carbocycles. The summed E-state index contributed by atoms with van der Waals surface area (Å²) in [5.74, 6) is -2.27. The Morgan fingerprint density at radius 1 is 1.15 bits per heavy atom. The molecular formula is C15H11F4N3O2S2. The van der Waals surface area contributed by atoms with Crippen molar-refractivity contribution in [2.45, 2.75) is 18.2 Å². The van der Waals surface area contributed by atoms with Crippen LogP contribution in [0.1, 0.15) is 17.8 Å². The van der Waals surface area contributed by atoms with Crippen LogP contribution in [0.25, 0.3) is 16.4 Å². The number of aromatic nitrogens is 3. The maximum atomic E-state index is 14.5. The van der Waals surface area contributed by atoms with Gasteiger partial charge in [-0.05, 0) is 25.1 Å². The molecule has 0 N–H and O–H groups in total. The van der Waals surface area contributed by atoms with Crippen molar-refractivity contribution in [3.8, 4) is 16.4 Å². The fraction of sp³-hybridized carbons (Fsp3) is 0.200. The number of hydrogen-bond acceptors (Lipinski definition) is 5. The van der Waals surface area contributed by atoms with Crippen LogP contribution in [0.4, 0.5) is 17.6 Å². The lowest BCUT2D eigenvalue weighted by molar-refractivity contribution is 0.145. The SMILES string of the molecule is Cc1csc(-n2nc(C(F)F)cc2-c2cc(F)c(S(C)(=O)=O)cc2F)n1. The summed E-state index contributed by atoms with van der Waals surface area (Å²) in [6.45, 7) is 1.68. The van der Waals surface area contributed by atoms with Crippen molar-refractivity contribution in [3.05, 3.63) is 46.6 Å². The van der Waals surface area contributed by atoms with Gasteiger partial charge in [-0.15, -0.1) is 11.3 Å². The molecule has 0 saturated carbocycles. The molecule has 0 bridgehead atoms. The summed E-state index contributed by atoms with van der Waals surface area (Å²) in [4.78, 5) is 3.29. The van der Waals surface area contributed by atoms with Gasteiger partial charge in [0.1, 0.15) is 22.2 Å².